The van der Waals surface area contributed by atoms with Crippen molar-refractivity contribution in [1.82, 2.24) is 0 Å². The Balaban J connectivity index is 1.91. The number of methoxy groups -OCH3 is 1. The highest BCUT2D eigenvalue weighted by Gasteiger charge is 2.46. The van der Waals surface area contributed by atoms with Gasteiger partial charge in [0.05, 0.1) is 7.11 Å². The number of benzene rings is 2. The molecule has 26 heavy (non-hydrogen) atoms. The quantitative estimate of drug-likeness (QED) is 0.612. The summed E-state index contributed by atoms with van der Waals surface area (Å²) in [5.41, 5.74) is 5.18. The molecule has 0 bridgehead atoms. The van der Waals surface area contributed by atoms with Crippen molar-refractivity contribution in [2.24, 2.45) is 5.92 Å². The fraction of sp³-hybridized carbons (Fsp3) is 0.273. The standard InChI is InChI=1S/C22H20O4/c1-13-7-9-15(10-8-13)18-17-12-11-14-5-3-4-6-16(14)20(17)26-22(24)19(18)21(23)25-2/h3-10,18-19H,11-12H2,1-2H3/t18-,19-/m0/s1. The molecular formula is C22H20O4. The zero-order chi connectivity index (χ0) is 18.3. The van der Waals surface area contributed by atoms with E-state index in [0.717, 1.165) is 35.1 Å². The molecule has 2 atom stereocenters. The molecule has 1 heterocycles. The van der Waals surface area contributed by atoms with E-state index in [0.29, 0.717) is 5.76 Å². The van der Waals surface area contributed by atoms with Gasteiger partial charge >= 0.3 is 11.9 Å². The topological polar surface area (TPSA) is 52.6 Å². The average Bonchev–Trinajstić information content (AvgIpc) is 2.67. The van der Waals surface area contributed by atoms with E-state index in [1.807, 2.05) is 49.4 Å². The monoisotopic (exact) mass is 348 g/mol. The van der Waals surface area contributed by atoms with Crippen molar-refractivity contribution < 1.29 is 19.1 Å². The second kappa shape index (κ2) is 6.45. The predicted octanol–water partition coefficient (Wildman–Crippen LogP) is 3.78. The molecule has 0 spiro atoms. The lowest BCUT2D eigenvalue weighted by Gasteiger charge is -2.36. The summed E-state index contributed by atoms with van der Waals surface area (Å²) in [4.78, 5) is 25.2. The zero-order valence-corrected chi connectivity index (χ0v) is 14.8. The summed E-state index contributed by atoms with van der Waals surface area (Å²) in [6.07, 6.45) is 1.62. The van der Waals surface area contributed by atoms with Gasteiger partial charge in [-0.3, -0.25) is 9.59 Å². The molecule has 2 aromatic carbocycles. The minimum Gasteiger partial charge on any atom is -0.468 e. The van der Waals surface area contributed by atoms with Crippen LogP contribution in [0.4, 0.5) is 0 Å². The van der Waals surface area contributed by atoms with E-state index in [4.69, 9.17) is 9.47 Å². The number of allylic oxidation sites excluding steroid dienone is 1. The van der Waals surface area contributed by atoms with Crippen LogP contribution in [0.5, 0.6) is 0 Å². The molecule has 2 aliphatic rings. The van der Waals surface area contributed by atoms with Gasteiger partial charge in [0.1, 0.15) is 5.76 Å². The van der Waals surface area contributed by atoms with E-state index in [9.17, 15) is 9.59 Å². The van der Waals surface area contributed by atoms with E-state index < -0.39 is 17.9 Å². The molecule has 4 nitrogen and oxygen atoms in total. The summed E-state index contributed by atoms with van der Waals surface area (Å²) in [5, 5.41) is 0. The summed E-state index contributed by atoms with van der Waals surface area (Å²) in [6.45, 7) is 2.01. The number of ether oxygens (including phenoxy) is 2. The Labute approximate surface area is 152 Å². The first-order chi connectivity index (χ1) is 12.6. The van der Waals surface area contributed by atoms with E-state index >= 15 is 0 Å². The lowest BCUT2D eigenvalue weighted by Crippen LogP contribution is -2.38. The van der Waals surface area contributed by atoms with Crippen LogP contribution < -0.4 is 0 Å². The molecule has 0 unspecified atom stereocenters. The van der Waals surface area contributed by atoms with Crippen molar-refractivity contribution >= 4 is 17.7 Å². The first kappa shape index (κ1) is 16.6. The number of aryl methyl sites for hydroxylation is 2. The molecule has 0 fully saturated rings. The molecular weight excluding hydrogens is 328 g/mol. The van der Waals surface area contributed by atoms with Crippen molar-refractivity contribution in [2.75, 3.05) is 7.11 Å². The maximum atomic E-state index is 12.8. The first-order valence-electron chi connectivity index (χ1n) is 8.77. The summed E-state index contributed by atoms with van der Waals surface area (Å²) < 4.78 is 10.6. The third-order valence-corrected chi connectivity index (χ3v) is 5.27. The van der Waals surface area contributed by atoms with E-state index in [1.165, 1.54) is 12.7 Å². The number of hydrogen-bond acceptors (Lipinski definition) is 4. The van der Waals surface area contributed by atoms with Gasteiger partial charge in [-0.25, -0.2) is 0 Å². The van der Waals surface area contributed by atoms with E-state index in [1.54, 1.807) is 0 Å². The Morgan fingerprint density at radius 3 is 2.54 bits per heavy atom. The summed E-state index contributed by atoms with van der Waals surface area (Å²) in [7, 11) is 1.31. The molecule has 4 rings (SSSR count). The van der Waals surface area contributed by atoms with Crippen LogP contribution in [0.25, 0.3) is 5.76 Å². The van der Waals surface area contributed by atoms with Crippen LogP contribution in [0.15, 0.2) is 54.1 Å². The summed E-state index contributed by atoms with van der Waals surface area (Å²) >= 11 is 0. The smallest absolute Gasteiger partial charge is 0.326 e. The Morgan fingerprint density at radius 1 is 1.08 bits per heavy atom. The highest BCUT2D eigenvalue weighted by atomic mass is 16.6. The minimum atomic E-state index is -0.966. The fourth-order valence-electron chi connectivity index (χ4n) is 3.96. The highest BCUT2D eigenvalue weighted by Crippen LogP contribution is 2.47. The molecule has 0 aromatic heterocycles. The van der Waals surface area contributed by atoms with E-state index in [2.05, 4.69) is 6.07 Å². The molecule has 0 amide bonds. The Kier molecular flexibility index (Phi) is 4.11. The zero-order valence-electron chi connectivity index (χ0n) is 14.8. The SMILES string of the molecule is COC(=O)[C@H]1C(=O)OC2=C(CCc3ccccc32)[C@@H]1c1ccc(C)cc1. The first-order valence-corrected chi connectivity index (χ1v) is 8.77. The number of fused-ring (bicyclic) bond motifs is 2. The van der Waals surface area contributed by atoms with Gasteiger partial charge < -0.3 is 9.47 Å². The number of esters is 2. The Hall–Kier alpha value is -2.88. The van der Waals surface area contributed by atoms with Crippen LogP contribution in [-0.4, -0.2) is 19.0 Å². The largest absolute Gasteiger partial charge is 0.468 e. The Morgan fingerprint density at radius 2 is 1.81 bits per heavy atom. The van der Waals surface area contributed by atoms with Crippen molar-refractivity contribution in [3.8, 4) is 0 Å². The lowest BCUT2D eigenvalue weighted by molar-refractivity contribution is -0.158. The molecule has 0 radical (unpaired) electrons. The van der Waals surface area contributed by atoms with Crippen molar-refractivity contribution in [2.45, 2.75) is 25.7 Å². The van der Waals surface area contributed by atoms with Crippen molar-refractivity contribution in [3.63, 3.8) is 0 Å². The van der Waals surface area contributed by atoms with Gasteiger partial charge in [0, 0.05) is 11.5 Å². The van der Waals surface area contributed by atoms with Crippen molar-refractivity contribution in [3.05, 3.63) is 76.4 Å². The number of rotatable bonds is 2. The fourth-order valence-corrected chi connectivity index (χ4v) is 3.96. The van der Waals surface area contributed by atoms with Crippen LogP contribution in [0, 0.1) is 12.8 Å². The van der Waals surface area contributed by atoms with Gasteiger partial charge in [-0.2, -0.15) is 0 Å². The molecule has 1 aliphatic carbocycles. The number of hydrogen-bond donors (Lipinski definition) is 0. The average molecular weight is 348 g/mol. The van der Waals surface area contributed by atoms with Gasteiger partial charge in [-0.1, -0.05) is 54.1 Å². The van der Waals surface area contributed by atoms with Gasteiger partial charge in [0.25, 0.3) is 0 Å². The molecule has 4 heteroatoms. The van der Waals surface area contributed by atoms with Gasteiger partial charge in [0.15, 0.2) is 5.92 Å². The highest BCUT2D eigenvalue weighted by molar-refractivity contribution is 6.01. The minimum absolute atomic E-state index is 0.354. The molecule has 132 valence electrons. The molecule has 0 saturated carbocycles. The maximum Gasteiger partial charge on any atom is 0.326 e. The van der Waals surface area contributed by atoms with Gasteiger partial charge in [0.2, 0.25) is 0 Å². The second-order valence-corrected chi connectivity index (χ2v) is 6.82. The summed E-state index contributed by atoms with van der Waals surface area (Å²) in [5.74, 6) is -1.80. The van der Waals surface area contributed by atoms with Gasteiger partial charge in [-0.05, 0) is 36.5 Å². The molecule has 0 N–H and O–H groups in total. The second-order valence-electron chi connectivity index (χ2n) is 6.82. The van der Waals surface area contributed by atoms with Crippen LogP contribution in [0.2, 0.25) is 0 Å². The maximum absolute atomic E-state index is 12.8. The van der Waals surface area contributed by atoms with Crippen molar-refractivity contribution in [1.29, 1.82) is 0 Å². The Bertz CT molecular complexity index is 908. The molecule has 2 aromatic rings. The van der Waals surface area contributed by atoms with Crippen LogP contribution in [-0.2, 0) is 25.5 Å². The number of carbonyl (C=O) groups excluding carboxylic acids is 2. The third-order valence-electron chi connectivity index (χ3n) is 5.27. The predicted molar refractivity (Wildman–Crippen MR) is 97.2 cm³/mol. The molecule has 0 saturated heterocycles. The third kappa shape index (κ3) is 2.62. The van der Waals surface area contributed by atoms with Crippen LogP contribution in [0.1, 0.15) is 34.6 Å². The summed E-state index contributed by atoms with van der Waals surface area (Å²) in [6, 6.07) is 15.9. The normalized spacial score (nSPS) is 21.5. The van der Waals surface area contributed by atoms with Crippen LogP contribution in [0.3, 0.4) is 0 Å². The molecule has 1 aliphatic heterocycles. The number of carbonyl (C=O) groups is 2. The van der Waals surface area contributed by atoms with Crippen LogP contribution >= 0.6 is 0 Å². The lowest BCUT2D eigenvalue weighted by atomic mass is 9.73. The van der Waals surface area contributed by atoms with Gasteiger partial charge in [-0.15, -0.1) is 0 Å². The van der Waals surface area contributed by atoms with E-state index in [-0.39, 0.29) is 5.92 Å².